The van der Waals surface area contributed by atoms with Gasteiger partial charge in [-0.3, -0.25) is 4.79 Å². The summed E-state index contributed by atoms with van der Waals surface area (Å²) in [7, 11) is 4.05. The average Bonchev–Trinajstić information content (AvgIpc) is 2.64. The SMILES string of the molecule is CC.CC.CC.COC1CC(N(C)C2CC3(C2)CN(C(=O)CCCC[O-])C3)C1.[K+]. The third kappa shape index (κ3) is 9.17. The maximum atomic E-state index is 12.0. The predicted molar refractivity (Wildman–Crippen MR) is 116 cm³/mol. The number of ether oxygens (including phenoxy) is 1. The number of methoxy groups -OCH3 is 1. The van der Waals surface area contributed by atoms with Crippen LogP contribution in [0.15, 0.2) is 0 Å². The minimum Gasteiger partial charge on any atom is -0.854 e. The van der Waals surface area contributed by atoms with E-state index in [1.54, 1.807) is 7.11 Å². The maximum Gasteiger partial charge on any atom is 1.00 e. The Balaban J connectivity index is 0. The van der Waals surface area contributed by atoms with Gasteiger partial charge >= 0.3 is 51.4 Å². The van der Waals surface area contributed by atoms with E-state index in [0.717, 1.165) is 19.5 Å². The average molecular weight is 439 g/mol. The van der Waals surface area contributed by atoms with Gasteiger partial charge in [-0.05, 0) is 39.2 Å². The molecule has 3 rings (SSSR count). The van der Waals surface area contributed by atoms with Gasteiger partial charge < -0.3 is 19.6 Å². The molecule has 6 heteroatoms. The summed E-state index contributed by atoms with van der Waals surface area (Å²) in [6, 6.07) is 1.39. The van der Waals surface area contributed by atoms with Crippen LogP contribution in [0.25, 0.3) is 0 Å². The van der Waals surface area contributed by atoms with E-state index in [9.17, 15) is 9.90 Å². The quantitative estimate of drug-likeness (QED) is 0.434. The van der Waals surface area contributed by atoms with E-state index < -0.39 is 0 Å². The molecule has 5 nitrogen and oxygen atoms in total. The van der Waals surface area contributed by atoms with Gasteiger partial charge in [0.1, 0.15) is 0 Å². The molecular formula is C23H47KN2O3. The van der Waals surface area contributed by atoms with Crippen LogP contribution in [0.3, 0.4) is 0 Å². The van der Waals surface area contributed by atoms with Crippen LogP contribution in [0, 0.1) is 5.41 Å². The zero-order valence-electron chi connectivity index (χ0n) is 20.9. The number of carbonyl (C=O) groups is 1. The van der Waals surface area contributed by atoms with Crippen LogP contribution >= 0.6 is 0 Å². The van der Waals surface area contributed by atoms with Crippen LogP contribution < -0.4 is 56.5 Å². The Morgan fingerprint density at radius 2 is 1.55 bits per heavy atom. The molecule has 0 N–H and O–H groups in total. The fraction of sp³-hybridized carbons (Fsp3) is 0.957. The third-order valence-corrected chi connectivity index (χ3v) is 6.08. The number of unbranched alkanes of at least 4 members (excludes halogenated alkanes) is 1. The Hall–Kier alpha value is 0.986. The zero-order chi connectivity index (χ0) is 21.7. The standard InChI is InChI=1S/C17H29N2O3.3C2H6.K/c1-18(13-7-15(8-13)22-2)14-9-17(10-14)11-19(12-17)16(21)5-3-4-6-20;3*1-2;/h13-15H,3-12H2,1-2H3;3*1-2H3;/q-1;;;;+1. The molecule has 0 aromatic carbocycles. The van der Waals surface area contributed by atoms with E-state index in [1.165, 1.54) is 25.7 Å². The summed E-state index contributed by atoms with van der Waals surface area (Å²) in [6.45, 7) is 13.8. The molecule has 2 saturated carbocycles. The summed E-state index contributed by atoms with van der Waals surface area (Å²) in [5.74, 6) is 0.248. The number of hydrogen-bond acceptors (Lipinski definition) is 4. The molecular weight excluding hydrogens is 391 g/mol. The molecule has 0 radical (unpaired) electrons. The monoisotopic (exact) mass is 438 g/mol. The van der Waals surface area contributed by atoms with Crippen LogP contribution in [0.5, 0.6) is 0 Å². The number of rotatable bonds is 7. The molecule has 29 heavy (non-hydrogen) atoms. The zero-order valence-corrected chi connectivity index (χ0v) is 24.0. The smallest absolute Gasteiger partial charge is 0.854 e. The second-order valence-electron chi connectivity index (χ2n) is 7.62. The normalized spacial score (nSPS) is 23.4. The van der Waals surface area contributed by atoms with E-state index >= 15 is 0 Å². The minimum atomic E-state index is -0.0592. The van der Waals surface area contributed by atoms with Crippen molar-refractivity contribution in [2.75, 3.05) is 33.9 Å². The second-order valence-corrected chi connectivity index (χ2v) is 7.62. The van der Waals surface area contributed by atoms with Gasteiger partial charge in [0.15, 0.2) is 0 Å². The van der Waals surface area contributed by atoms with Crippen molar-refractivity contribution in [3.05, 3.63) is 0 Å². The number of hydrogen-bond donors (Lipinski definition) is 0. The number of nitrogens with zero attached hydrogens (tertiary/aromatic N) is 2. The van der Waals surface area contributed by atoms with E-state index in [4.69, 9.17) is 4.74 Å². The first kappa shape index (κ1) is 32.2. The molecule has 1 amide bonds. The molecule has 1 spiro atoms. The number of likely N-dealkylation sites (tertiary alicyclic amines) is 1. The molecule has 0 bridgehead atoms. The molecule has 0 atom stereocenters. The van der Waals surface area contributed by atoms with Gasteiger partial charge in [0.05, 0.1) is 6.10 Å². The molecule has 1 aliphatic heterocycles. The van der Waals surface area contributed by atoms with Crippen LogP contribution in [-0.2, 0) is 9.53 Å². The molecule has 168 valence electrons. The molecule has 2 aliphatic carbocycles. The Kier molecular flexibility index (Phi) is 19.4. The largest absolute Gasteiger partial charge is 1.00 e. The van der Waals surface area contributed by atoms with Crippen LogP contribution in [0.4, 0.5) is 0 Å². The Morgan fingerprint density at radius 1 is 1.03 bits per heavy atom. The summed E-state index contributed by atoms with van der Waals surface area (Å²) in [4.78, 5) is 16.5. The summed E-state index contributed by atoms with van der Waals surface area (Å²) >= 11 is 0. The third-order valence-electron chi connectivity index (χ3n) is 6.08. The van der Waals surface area contributed by atoms with Crippen molar-refractivity contribution >= 4 is 5.91 Å². The van der Waals surface area contributed by atoms with Crippen molar-refractivity contribution in [2.24, 2.45) is 5.41 Å². The first-order valence-electron chi connectivity index (χ1n) is 11.7. The van der Waals surface area contributed by atoms with E-state index in [-0.39, 0.29) is 63.9 Å². The van der Waals surface area contributed by atoms with Crippen molar-refractivity contribution in [1.82, 2.24) is 9.80 Å². The fourth-order valence-electron chi connectivity index (χ4n) is 4.32. The molecule has 3 fully saturated rings. The van der Waals surface area contributed by atoms with Crippen LogP contribution in [0.2, 0.25) is 0 Å². The van der Waals surface area contributed by atoms with Crippen molar-refractivity contribution in [3.63, 3.8) is 0 Å². The molecule has 1 saturated heterocycles. The molecule has 0 aromatic rings. The van der Waals surface area contributed by atoms with Gasteiger partial charge in [-0.15, -0.1) is 6.61 Å². The molecule has 0 unspecified atom stereocenters. The Morgan fingerprint density at radius 3 is 2.00 bits per heavy atom. The van der Waals surface area contributed by atoms with Gasteiger partial charge in [-0.2, -0.15) is 0 Å². The van der Waals surface area contributed by atoms with Crippen molar-refractivity contribution in [2.45, 2.75) is 105 Å². The predicted octanol–water partition coefficient (Wildman–Crippen LogP) is 0.700. The fourth-order valence-corrected chi connectivity index (χ4v) is 4.32. The first-order chi connectivity index (χ1) is 13.6. The van der Waals surface area contributed by atoms with Gasteiger partial charge in [-0.25, -0.2) is 0 Å². The molecule has 0 aromatic heterocycles. The van der Waals surface area contributed by atoms with Crippen molar-refractivity contribution in [1.29, 1.82) is 0 Å². The first-order valence-corrected chi connectivity index (χ1v) is 11.7. The minimum absolute atomic E-state index is 0. The van der Waals surface area contributed by atoms with Gasteiger partial charge in [0, 0.05) is 44.1 Å². The Labute approximate surface area is 223 Å². The van der Waals surface area contributed by atoms with E-state index in [1.807, 2.05) is 46.4 Å². The number of amides is 1. The van der Waals surface area contributed by atoms with E-state index in [2.05, 4.69) is 11.9 Å². The van der Waals surface area contributed by atoms with Crippen LogP contribution in [0.1, 0.15) is 86.5 Å². The van der Waals surface area contributed by atoms with Crippen LogP contribution in [-0.4, -0.2) is 67.7 Å². The van der Waals surface area contributed by atoms with E-state index in [0.29, 0.717) is 36.4 Å². The summed E-state index contributed by atoms with van der Waals surface area (Å²) in [5, 5.41) is 10.4. The molecule has 3 aliphatic rings. The van der Waals surface area contributed by atoms with Crippen molar-refractivity contribution < 1.29 is 66.0 Å². The number of carbonyl (C=O) groups excluding carboxylic acids is 1. The summed E-state index contributed by atoms with van der Waals surface area (Å²) in [5.41, 5.74) is 0.414. The van der Waals surface area contributed by atoms with Gasteiger partial charge in [0.2, 0.25) is 5.91 Å². The maximum absolute atomic E-state index is 12.0. The summed E-state index contributed by atoms with van der Waals surface area (Å²) < 4.78 is 5.36. The topological polar surface area (TPSA) is 55.8 Å². The van der Waals surface area contributed by atoms with Gasteiger partial charge in [-0.1, -0.05) is 48.0 Å². The molecule has 1 heterocycles. The second kappa shape index (κ2) is 17.5. The van der Waals surface area contributed by atoms with Crippen molar-refractivity contribution in [3.8, 4) is 0 Å². The summed E-state index contributed by atoms with van der Waals surface area (Å²) in [6.07, 6.45) is 7.21. The van der Waals surface area contributed by atoms with Gasteiger partial charge in [0.25, 0.3) is 0 Å². The Bertz CT molecular complexity index is 403.